The number of rotatable bonds is 8. The number of ether oxygens (including phenoxy) is 1. The second kappa shape index (κ2) is 11.4. The van der Waals surface area contributed by atoms with E-state index in [9.17, 15) is 9.59 Å². The van der Waals surface area contributed by atoms with Crippen LogP contribution < -0.4 is 15.6 Å². The molecule has 1 atom stereocenters. The van der Waals surface area contributed by atoms with E-state index in [1.807, 2.05) is 80.6 Å². The summed E-state index contributed by atoms with van der Waals surface area (Å²) in [4.78, 5) is 34.0. The summed E-state index contributed by atoms with van der Waals surface area (Å²) in [6.45, 7) is 4.52. The molecule has 36 heavy (non-hydrogen) atoms. The number of fused-ring (bicyclic) bond motifs is 1. The molecule has 7 nitrogen and oxygen atoms in total. The first-order valence-corrected chi connectivity index (χ1v) is 12.8. The van der Waals surface area contributed by atoms with Crippen molar-refractivity contribution >= 4 is 38.6 Å². The Balaban J connectivity index is 1.87. The zero-order chi connectivity index (χ0) is 25.7. The number of nitrogens with one attached hydrogen (secondary N) is 1. The number of anilines is 1. The SMILES string of the molecule is CCCN(C(=O)Nc1ccccc1Br)C(CC)c1nc2ccccc2c(=O)n1-c1ccc(OC)cc1. The number of aromatic nitrogens is 2. The fraction of sp³-hybridized carbons (Fsp3) is 0.250. The van der Waals surface area contributed by atoms with Crippen LogP contribution in [0.25, 0.3) is 16.6 Å². The summed E-state index contributed by atoms with van der Waals surface area (Å²) in [5.41, 5.74) is 1.76. The van der Waals surface area contributed by atoms with E-state index in [2.05, 4.69) is 21.2 Å². The fourth-order valence-corrected chi connectivity index (χ4v) is 4.67. The average Bonchev–Trinajstić information content (AvgIpc) is 2.90. The minimum absolute atomic E-state index is 0.179. The van der Waals surface area contributed by atoms with Crippen LogP contribution in [0.1, 0.15) is 38.6 Å². The molecule has 4 aromatic rings. The summed E-state index contributed by atoms with van der Waals surface area (Å²) in [7, 11) is 1.60. The second-order valence-electron chi connectivity index (χ2n) is 8.35. The highest BCUT2D eigenvalue weighted by atomic mass is 79.9. The van der Waals surface area contributed by atoms with Gasteiger partial charge in [-0.05, 0) is 77.3 Å². The molecule has 8 heteroatoms. The molecule has 0 aliphatic rings. The van der Waals surface area contributed by atoms with Crippen LogP contribution in [0, 0.1) is 0 Å². The van der Waals surface area contributed by atoms with Crippen LogP contribution in [0.4, 0.5) is 10.5 Å². The number of methoxy groups -OCH3 is 1. The molecule has 0 saturated heterocycles. The number of urea groups is 1. The van der Waals surface area contributed by atoms with Crippen molar-refractivity contribution in [3.63, 3.8) is 0 Å². The van der Waals surface area contributed by atoms with Gasteiger partial charge in [-0.15, -0.1) is 0 Å². The lowest BCUT2D eigenvalue weighted by Gasteiger charge is -2.32. The Hall–Kier alpha value is -3.65. The van der Waals surface area contributed by atoms with E-state index in [0.29, 0.717) is 46.8 Å². The molecule has 0 aliphatic heterocycles. The maximum Gasteiger partial charge on any atom is 0.322 e. The highest BCUT2D eigenvalue weighted by molar-refractivity contribution is 9.10. The molecule has 0 aliphatic carbocycles. The highest BCUT2D eigenvalue weighted by Crippen LogP contribution is 2.29. The third-order valence-corrected chi connectivity index (χ3v) is 6.73. The van der Waals surface area contributed by atoms with Gasteiger partial charge < -0.3 is 15.0 Å². The summed E-state index contributed by atoms with van der Waals surface area (Å²) in [6, 6.07) is 21.4. The van der Waals surface area contributed by atoms with Crippen molar-refractivity contribution in [3.05, 3.63) is 93.4 Å². The van der Waals surface area contributed by atoms with Crippen LogP contribution in [0.3, 0.4) is 0 Å². The zero-order valence-electron chi connectivity index (χ0n) is 20.6. The number of halogens is 1. The van der Waals surface area contributed by atoms with E-state index in [0.717, 1.165) is 10.9 Å². The molecule has 186 valence electrons. The van der Waals surface area contributed by atoms with Gasteiger partial charge in [0.2, 0.25) is 0 Å². The van der Waals surface area contributed by atoms with Gasteiger partial charge in [-0.2, -0.15) is 0 Å². The van der Waals surface area contributed by atoms with E-state index in [1.54, 1.807) is 22.6 Å². The highest BCUT2D eigenvalue weighted by Gasteiger charge is 2.29. The largest absolute Gasteiger partial charge is 0.497 e. The van der Waals surface area contributed by atoms with Crippen LogP contribution in [-0.4, -0.2) is 34.1 Å². The Labute approximate surface area is 218 Å². The second-order valence-corrected chi connectivity index (χ2v) is 9.21. The number of carbonyl (C=O) groups excluding carboxylic acids is 1. The first-order valence-electron chi connectivity index (χ1n) is 12.0. The Morgan fingerprint density at radius 3 is 2.42 bits per heavy atom. The smallest absolute Gasteiger partial charge is 0.322 e. The zero-order valence-corrected chi connectivity index (χ0v) is 22.2. The van der Waals surface area contributed by atoms with Crippen molar-refractivity contribution in [1.29, 1.82) is 0 Å². The quantitative estimate of drug-likeness (QED) is 0.270. The fourth-order valence-electron chi connectivity index (χ4n) is 4.29. The molecule has 1 heterocycles. The van der Waals surface area contributed by atoms with Crippen LogP contribution in [0.5, 0.6) is 5.75 Å². The molecule has 0 fully saturated rings. The predicted octanol–water partition coefficient (Wildman–Crippen LogP) is 6.55. The Bertz CT molecular complexity index is 1420. The summed E-state index contributed by atoms with van der Waals surface area (Å²) in [5, 5.41) is 3.53. The molecular weight excluding hydrogens is 520 g/mol. The molecule has 0 bridgehead atoms. The predicted molar refractivity (Wildman–Crippen MR) is 147 cm³/mol. The number of amides is 2. The van der Waals surface area contributed by atoms with Gasteiger partial charge in [0.15, 0.2) is 0 Å². The summed E-state index contributed by atoms with van der Waals surface area (Å²) in [6.07, 6.45) is 1.32. The molecular formula is C28H29BrN4O3. The van der Waals surface area contributed by atoms with Gasteiger partial charge >= 0.3 is 6.03 Å². The molecule has 3 aromatic carbocycles. The lowest BCUT2D eigenvalue weighted by atomic mass is 10.1. The molecule has 1 N–H and O–H groups in total. The van der Waals surface area contributed by atoms with Gasteiger partial charge in [-0.1, -0.05) is 38.1 Å². The summed E-state index contributed by atoms with van der Waals surface area (Å²) >= 11 is 3.50. The van der Waals surface area contributed by atoms with Gasteiger partial charge in [-0.25, -0.2) is 9.78 Å². The molecule has 1 aromatic heterocycles. The van der Waals surface area contributed by atoms with Crippen molar-refractivity contribution in [1.82, 2.24) is 14.5 Å². The first kappa shape index (κ1) is 25.4. The third-order valence-electron chi connectivity index (χ3n) is 6.03. The van der Waals surface area contributed by atoms with Gasteiger partial charge in [0.1, 0.15) is 11.6 Å². The minimum Gasteiger partial charge on any atom is -0.497 e. The van der Waals surface area contributed by atoms with Gasteiger partial charge in [-0.3, -0.25) is 9.36 Å². The van der Waals surface area contributed by atoms with Gasteiger partial charge in [0.25, 0.3) is 5.56 Å². The Morgan fingerprint density at radius 1 is 1.06 bits per heavy atom. The average molecular weight is 549 g/mol. The third kappa shape index (κ3) is 5.14. The van der Waals surface area contributed by atoms with Crippen LogP contribution in [0.15, 0.2) is 82.1 Å². The van der Waals surface area contributed by atoms with E-state index in [-0.39, 0.29) is 11.6 Å². The Kier molecular flexibility index (Phi) is 8.05. The standard InChI is InChI=1S/C28H29BrN4O3/c1-4-18-32(28(35)31-24-13-9-7-11-22(24)29)25(5-2)26-30-23-12-8-6-10-21(23)27(34)33(26)19-14-16-20(36-3)17-15-19/h6-17,25H,4-5,18H2,1-3H3,(H,31,35). The van der Waals surface area contributed by atoms with E-state index in [1.165, 1.54) is 0 Å². The normalized spacial score (nSPS) is 11.8. The first-order chi connectivity index (χ1) is 17.5. The molecule has 1 unspecified atom stereocenters. The minimum atomic E-state index is -0.438. The molecule has 0 spiro atoms. The number of para-hydroxylation sites is 2. The molecule has 4 rings (SSSR count). The van der Waals surface area contributed by atoms with Crippen molar-refractivity contribution in [2.24, 2.45) is 0 Å². The number of benzene rings is 3. The van der Waals surface area contributed by atoms with Crippen molar-refractivity contribution in [3.8, 4) is 11.4 Å². The number of hydrogen-bond acceptors (Lipinski definition) is 4. The van der Waals surface area contributed by atoms with Crippen LogP contribution in [0.2, 0.25) is 0 Å². The van der Waals surface area contributed by atoms with Gasteiger partial charge in [0, 0.05) is 11.0 Å². The van der Waals surface area contributed by atoms with E-state index < -0.39 is 6.04 Å². The molecule has 2 amide bonds. The monoisotopic (exact) mass is 548 g/mol. The summed E-state index contributed by atoms with van der Waals surface area (Å²) < 4.78 is 7.71. The maximum absolute atomic E-state index is 13.8. The van der Waals surface area contributed by atoms with E-state index in [4.69, 9.17) is 9.72 Å². The Morgan fingerprint density at radius 2 is 1.75 bits per heavy atom. The number of carbonyl (C=O) groups is 1. The molecule has 0 radical (unpaired) electrons. The molecule has 0 saturated carbocycles. The lowest BCUT2D eigenvalue weighted by molar-refractivity contribution is 0.181. The van der Waals surface area contributed by atoms with Crippen molar-refractivity contribution < 1.29 is 9.53 Å². The topological polar surface area (TPSA) is 76.5 Å². The van der Waals surface area contributed by atoms with Crippen LogP contribution >= 0.6 is 15.9 Å². The van der Waals surface area contributed by atoms with Crippen LogP contribution in [-0.2, 0) is 0 Å². The number of nitrogens with zero attached hydrogens (tertiary/aromatic N) is 3. The van der Waals surface area contributed by atoms with Gasteiger partial charge in [0.05, 0.1) is 35.4 Å². The van der Waals surface area contributed by atoms with Crippen molar-refractivity contribution in [2.75, 3.05) is 19.0 Å². The lowest BCUT2D eigenvalue weighted by Crippen LogP contribution is -2.41. The van der Waals surface area contributed by atoms with Crippen molar-refractivity contribution in [2.45, 2.75) is 32.7 Å². The van der Waals surface area contributed by atoms with E-state index >= 15 is 0 Å². The maximum atomic E-state index is 13.8. The summed E-state index contributed by atoms with van der Waals surface area (Å²) in [5.74, 6) is 1.21. The number of hydrogen-bond donors (Lipinski definition) is 1.